The van der Waals surface area contributed by atoms with Gasteiger partial charge in [0.05, 0.1) is 16.1 Å². The van der Waals surface area contributed by atoms with Gasteiger partial charge in [-0.2, -0.15) is 5.10 Å². The summed E-state index contributed by atoms with van der Waals surface area (Å²) in [5.74, 6) is -0.673. The molecular formula is C16H18Br2N4S. The highest BCUT2D eigenvalue weighted by Crippen LogP contribution is 2.40. The minimum atomic E-state index is -0.673. The molecule has 122 valence electrons. The molecule has 0 aliphatic heterocycles. The maximum absolute atomic E-state index is 8.85. The van der Waals surface area contributed by atoms with Gasteiger partial charge in [0, 0.05) is 18.7 Å². The van der Waals surface area contributed by atoms with Gasteiger partial charge in [-0.15, -0.1) is 11.3 Å². The first kappa shape index (κ1) is 15.7. The summed E-state index contributed by atoms with van der Waals surface area (Å²) in [7, 11) is 0. The van der Waals surface area contributed by atoms with Gasteiger partial charge in [0.25, 0.3) is 0 Å². The fourth-order valence-corrected chi connectivity index (χ4v) is 5.22. The van der Waals surface area contributed by atoms with Crippen molar-refractivity contribution in [2.24, 2.45) is 0 Å². The number of halogens is 2. The molecule has 0 radical (unpaired) electrons. The fourth-order valence-electron chi connectivity index (χ4n) is 2.81. The number of hydrogen-bond acceptors (Lipinski definition) is 4. The molecule has 3 aromatic heterocycles. The van der Waals surface area contributed by atoms with Crippen LogP contribution >= 0.6 is 43.2 Å². The van der Waals surface area contributed by atoms with Crippen LogP contribution in [0.2, 0.25) is 0 Å². The van der Waals surface area contributed by atoms with E-state index in [1.54, 1.807) is 11.3 Å². The third kappa shape index (κ3) is 2.98. The van der Waals surface area contributed by atoms with Crippen molar-refractivity contribution in [3.05, 3.63) is 31.7 Å². The molecule has 4 nitrogen and oxygen atoms in total. The lowest BCUT2D eigenvalue weighted by atomic mass is 9.98. The molecule has 3 rings (SSSR count). The van der Waals surface area contributed by atoms with Crippen molar-refractivity contribution in [1.29, 1.82) is 0 Å². The summed E-state index contributed by atoms with van der Waals surface area (Å²) in [5.41, 5.74) is 4.45. The van der Waals surface area contributed by atoms with Crippen molar-refractivity contribution in [2.45, 2.75) is 46.4 Å². The monoisotopic (exact) mass is 457 g/mol. The Morgan fingerprint density at radius 2 is 1.96 bits per heavy atom. The van der Waals surface area contributed by atoms with E-state index in [9.17, 15) is 0 Å². The molecule has 0 bridgehead atoms. The molecule has 3 aromatic rings. The van der Waals surface area contributed by atoms with Crippen LogP contribution in [0, 0.1) is 13.8 Å². The van der Waals surface area contributed by atoms with Gasteiger partial charge in [0.1, 0.15) is 4.60 Å². The van der Waals surface area contributed by atoms with Gasteiger partial charge >= 0.3 is 0 Å². The fraction of sp³-hybridized carbons (Fsp3) is 0.438. The van der Waals surface area contributed by atoms with E-state index in [0.717, 1.165) is 54.5 Å². The highest BCUT2D eigenvalue weighted by Gasteiger charge is 2.22. The van der Waals surface area contributed by atoms with Crippen molar-refractivity contribution in [1.82, 2.24) is 19.6 Å². The first-order chi connectivity index (χ1) is 11.3. The summed E-state index contributed by atoms with van der Waals surface area (Å²) < 4.78 is 12.3. The Kier molecular flexibility index (Phi) is 4.52. The molecule has 0 unspecified atom stereocenters. The van der Waals surface area contributed by atoms with Crippen molar-refractivity contribution in [3.63, 3.8) is 0 Å². The maximum Gasteiger partial charge on any atom is 0.164 e. The number of aromatic nitrogens is 4. The van der Waals surface area contributed by atoms with E-state index in [4.69, 9.17) is 11.5 Å². The van der Waals surface area contributed by atoms with Crippen LogP contribution in [-0.2, 0) is 0 Å². The lowest BCUT2D eigenvalue weighted by Crippen LogP contribution is -2.07. The van der Waals surface area contributed by atoms with Crippen molar-refractivity contribution in [2.75, 3.05) is 0 Å². The standard InChI is InChI=1S/C16H18Br2N4S/c1-5-10(6-2)11-7-8(3)19-15-12(9(4)21-22(11)15)13-14(17)20-16(18)23-13/h7,10H,5-6H2,1-4H3/i10D. The molecule has 0 fully saturated rings. The van der Waals surface area contributed by atoms with Crippen LogP contribution in [0.25, 0.3) is 16.1 Å². The topological polar surface area (TPSA) is 43.1 Å². The summed E-state index contributed by atoms with van der Waals surface area (Å²) in [5, 5.41) is 4.72. The second-order valence-electron chi connectivity index (χ2n) is 5.38. The van der Waals surface area contributed by atoms with Crippen LogP contribution in [0.4, 0.5) is 0 Å². The molecular weight excluding hydrogens is 440 g/mol. The van der Waals surface area contributed by atoms with Gasteiger partial charge in [0.15, 0.2) is 9.56 Å². The predicted molar refractivity (Wildman–Crippen MR) is 102 cm³/mol. The summed E-state index contributed by atoms with van der Waals surface area (Å²) in [6, 6.07) is 1.99. The molecule has 23 heavy (non-hydrogen) atoms. The predicted octanol–water partition coefficient (Wildman–Crippen LogP) is 5.90. The molecule has 0 aromatic carbocycles. The van der Waals surface area contributed by atoms with Gasteiger partial charge in [0.2, 0.25) is 0 Å². The van der Waals surface area contributed by atoms with E-state index in [-0.39, 0.29) is 0 Å². The van der Waals surface area contributed by atoms with Gasteiger partial charge in [-0.25, -0.2) is 14.5 Å². The summed E-state index contributed by atoms with van der Waals surface area (Å²) in [6.07, 6.45) is 1.46. The zero-order valence-corrected chi connectivity index (χ0v) is 17.4. The quantitative estimate of drug-likeness (QED) is 0.488. The Hall–Kier alpha value is -0.790. The minimum Gasteiger partial charge on any atom is -0.233 e. The zero-order valence-electron chi connectivity index (χ0n) is 14.4. The first-order valence-corrected chi connectivity index (χ1v) is 9.90. The van der Waals surface area contributed by atoms with E-state index in [1.807, 2.05) is 38.3 Å². The Labute approximate surface area is 158 Å². The summed E-state index contributed by atoms with van der Waals surface area (Å²) in [6.45, 7) is 8.05. The molecule has 3 heterocycles. The van der Waals surface area contributed by atoms with Crippen LogP contribution in [0.1, 0.15) is 51.0 Å². The van der Waals surface area contributed by atoms with Crippen LogP contribution in [0.3, 0.4) is 0 Å². The van der Waals surface area contributed by atoms with Crippen LogP contribution in [0.15, 0.2) is 14.6 Å². The van der Waals surface area contributed by atoms with Crippen molar-refractivity contribution < 1.29 is 1.37 Å². The number of thiazole rings is 1. The van der Waals surface area contributed by atoms with E-state index in [2.05, 4.69) is 36.8 Å². The normalized spacial score (nSPS) is 12.9. The van der Waals surface area contributed by atoms with E-state index < -0.39 is 5.89 Å². The lowest BCUT2D eigenvalue weighted by molar-refractivity contribution is 0.598. The molecule has 0 saturated heterocycles. The van der Waals surface area contributed by atoms with E-state index in [0.29, 0.717) is 0 Å². The van der Waals surface area contributed by atoms with E-state index in [1.165, 1.54) is 0 Å². The van der Waals surface area contributed by atoms with Gasteiger partial charge in [-0.1, -0.05) is 13.8 Å². The van der Waals surface area contributed by atoms with Gasteiger partial charge in [-0.05, 0) is 64.6 Å². The second-order valence-corrected chi connectivity index (χ2v) is 8.40. The Morgan fingerprint density at radius 1 is 1.26 bits per heavy atom. The Morgan fingerprint density at radius 3 is 2.52 bits per heavy atom. The molecule has 0 atom stereocenters. The molecule has 0 spiro atoms. The first-order valence-electron chi connectivity index (χ1n) is 8.00. The molecule has 7 heteroatoms. The molecule has 0 aliphatic carbocycles. The smallest absolute Gasteiger partial charge is 0.164 e. The third-order valence-corrected chi connectivity index (χ3v) is 6.26. The average Bonchev–Trinajstić information content (AvgIpc) is 3.03. The highest BCUT2D eigenvalue weighted by molar-refractivity contribution is 9.11. The lowest BCUT2D eigenvalue weighted by Gasteiger charge is -2.15. The zero-order chi connectivity index (χ0) is 17.6. The average molecular weight is 459 g/mol. The third-order valence-electron chi connectivity index (χ3n) is 3.89. The second kappa shape index (κ2) is 6.61. The molecule has 0 amide bonds. The SMILES string of the molecule is [2H]C(CC)(CC)c1cc(C)nc2c(-c3sc(Br)nc3Br)c(C)nn12. The van der Waals surface area contributed by atoms with Gasteiger partial charge < -0.3 is 0 Å². The van der Waals surface area contributed by atoms with E-state index >= 15 is 0 Å². The molecule has 0 N–H and O–H groups in total. The van der Waals surface area contributed by atoms with Crippen LogP contribution in [0.5, 0.6) is 0 Å². The van der Waals surface area contributed by atoms with Crippen LogP contribution < -0.4 is 0 Å². The Balaban J connectivity index is 2.37. The molecule has 0 saturated carbocycles. The number of fused-ring (bicyclic) bond motifs is 1. The summed E-state index contributed by atoms with van der Waals surface area (Å²) in [4.78, 5) is 10.1. The molecule has 0 aliphatic rings. The maximum atomic E-state index is 8.85. The number of nitrogens with zero attached hydrogens (tertiary/aromatic N) is 4. The Bertz CT molecular complexity index is 915. The largest absolute Gasteiger partial charge is 0.233 e. The van der Waals surface area contributed by atoms with Gasteiger partial charge in [-0.3, -0.25) is 0 Å². The summed E-state index contributed by atoms with van der Waals surface area (Å²) >= 11 is 8.52. The van der Waals surface area contributed by atoms with Crippen molar-refractivity contribution >= 4 is 48.8 Å². The minimum absolute atomic E-state index is 0.673. The highest BCUT2D eigenvalue weighted by atomic mass is 79.9. The van der Waals surface area contributed by atoms with Crippen LogP contribution in [-0.4, -0.2) is 19.6 Å². The van der Waals surface area contributed by atoms with Crippen molar-refractivity contribution in [3.8, 4) is 10.4 Å². The number of aryl methyl sites for hydroxylation is 2. The number of rotatable bonds is 4. The number of hydrogen-bond donors (Lipinski definition) is 0.